The predicted molar refractivity (Wildman–Crippen MR) is 65.2 cm³/mol. The first kappa shape index (κ1) is 12.2. The minimum Gasteiger partial charge on any atom is -0.493 e. The van der Waals surface area contributed by atoms with Crippen molar-refractivity contribution in [2.24, 2.45) is 0 Å². The van der Waals surface area contributed by atoms with Crippen LogP contribution in [-0.2, 0) is 4.74 Å². The number of nitrogens with zero attached hydrogens (tertiary/aromatic N) is 1. The van der Waals surface area contributed by atoms with E-state index < -0.39 is 5.97 Å². The molecule has 0 radical (unpaired) electrons. The zero-order valence-electron chi connectivity index (χ0n) is 10.4. The van der Waals surface area contributed by atoms with E-state index in [0.29, 0.717) is 29.0 Å². The maximum absolute atomic E-state index is 11.7. The highest BCUT2D eigenvalue weighted by Gasteiger charge is 2.17. The highest BCUT2D eigenvalue weighted by molar-refractivity contribution is 6.02. The Morgan fingerprint density at radius 3 is 2.56 bits per heavy atom. The monoisotopic (exact) mass is 250 g/mol. The van der Waals surface area contributed by atoms with Gasteiger partial charge in [0, 0.05) is 11.5 Å². The first-order valence-electron chi connectivity index (χ1n) is 5.48. The van der Waals surface area contributed by atoms with Gasteiger partial charge in [0.25, 0.3) is 0 Å². The SMILES string of the molecule is CCOC(=O)c1n[nH]c2cc(OC)c(OC)cc12. The lowest BCUT2D eigenvalue weighted by Gasteiger charge is -2.07. The Hall–Kier alpha value is -2.24. The van der Waals surface area contributed by atoms with Crippen LogP contribution in [-0.4, -0.2) is 37.0 Å². The van der Waals surface area contributed by atoms with Crippen molar-refractivity contribution in [2.75, 3.05) is 20.8 Å². The van der Waals surface area contributed by atoms with Gasteiger partial charge in [0.1, 0.15) is 0 Å². The number of methoxy groups -OCH3 is 2. The maximum atomic E-state index is 11.7. The van der Waals surface area contributed by atoms with Crippen molar-refractivity contribution in [1.82, 2.24) is 10.2 Å². The number of nitrogens with one attached hydrogen (secondary N) is 1. The predicted octanol–water partition coefficient (Wildman–Crippen LogP) is 1.76. The minimum absolute atomic E-state index is 0.243. The Bertz CT molecular complexity index is 577. The van der Waals surface area contributed by atoms with Crippen molar-refractivity contribution < 1.29 is 19.0 Å². The molecule has 1 heterocycles. The van der Waals surface area contributed by atoms with Gasteiger partial charge < -0.3 is 14.2 Å². The molecular weight excluding hydrogens is 236 g/mol. The molecule has 6 nitrogen and oxygen atoms in total. The van der Waals surface area contributed by atoms with Crippen LogP contribution < -0.4 is 9.47 Å². The first-order valence-corrected chi connectivity index (χ1v) is 5.48. The number of carbonyl (C=O) groups is 1. The van der Waals surface area contributed by atoms with Crippen LogP contribution >= 0.6 is 0 Å². The van der Waals surface area contributed by atoms with Crippen LogP contribution in [0.2, 0.25) is 0 Å². The van der Waals surface area contributed by atoms with Crippen LogP contribution in [0.4, 0.5) is 0 Å². The molecule has 0 aliphatic carbocycles. The number of hydrogen-bond donors (Lipinski definition) is 1. The number of ether oxygens (including phenoxy) is 3. The number of benzene rings is 1. The molecule has 0 saturated carbocycles. The number of aromatic amines is 1. The van der Waals surface area contributed by atoms with Gasteiger partial charge in [-0.25, -0.2) is 4.79 Å². The van der Waals surface area contributed by atoms with Crippen LogP contribution in [0.3, 0.4) is 0 Å². The van der Waals surface area contributed by atoms with Crippen molar-refractivity contribution in [3.8, 4) is 11.5 Å². The molecule has 0 aliphatic rings. The van der Waals surface area contributed by atoms with Gasteiger partial charge in [-0.15, -0.1) is 0 Å². The van der Waals surface area contributed by atoms with Crippen LogP contribution in [0.5, 0.6) is 11.5 Å². The van der Waals surface area contributed by atoms with Crippen molar-refractivity contribution >= 4 is 16.9 Å². The van der Waals surface area contributed by atoms with Crippen LogP contribution in [0, 0.1) is 0 Å². The average Bonchev–Trinajstić information content (AvgIpc) is 2.79. The van der Waals surface area contributed by atoms with Gasteiger partial charge in [-0.2, -0.15) is 5.10 Å². The minimum atomic E-state index is -0.462. The second kappa shape index (κ2) is 4.95. The molecule has 0 spiro atoms. The van der Waals surface area contributed by atoms with Gasteiger partial charge in [0.2, 0.25) is 0 Å². The van der Waals surface area contributed by atoms with E-state index in [1.54, 1.807) is 26.2 Å². The van der Waals surface area contributed by atoms with Gasteiger partial charge >= 0.3 is 5.97 Å². The molecule has 2 rings (SSSR count). The van der Waals surface area contributed by atoms with E-state index in [4.69, 9.17) is 14.2 Å². The lowest BCUT2D eigenvalue weighted by Crippen LogP contribution is -2.05. The smallest absolute Gasteiger partial charge is 0.359 e. The quantitative estimate of drug-likeness (QED) is 0.837. The van der Waals surface area contributed by atoms with Crippen molar-refractivity contribution in [1.29, 1.82) is 0 Å². The summed E-state index contributed by atoms with van der Waals surface area (Å²) >= 11 is 0. The summed E-state index contributed by atoms with van der Waals surface area (Å²) in [6.45, 7) is 2.05. The molecule has 1 N–H and O–H groups in total. The lowest BCUT2D eigenvalue weighted by atomic mass is 10.2. The summed E-state index contributed by atoms with van der Waals surface area (Å²) in [6.07, 6.45) is 0. The van der Waals surface area contributed by atoms with E-state index in [-0.39, 0.29) is 5.69 Å². The molecule has 0 aliphatic heterocycles. The highest BCUT2D eigenvalue weighted by Crippen LogP contribution is 2.32. The molecule has 0 saturated heterocycles. The molecule has 0 atom stereocenters. The molecule has 18 heavy (non-hydrogen) atoms. The van der Waals surface area contributed by atoms with Crippen molar-refractivity contribution in [3.63, 3.8) is 0 Å². The van der Waals surface area contributed by atoms with Crippen LogP contribution in [0.15, 0.2) is 12.1 Å². The summed E-state index contributed by atoms with van der Waals surface area (Å²) in [7, 11) is 3.08. The number of esters is 1. The van der Waals surface area contributed by atoms with Gasteiger partial charge in [0.05, 0.1) is 26.3 Å². The normalized spacial score (nSPS) is 10.4. The average molecular weight is 250 g/mol. The van der Waals surface area contributed by atoms with E-state index >= 15 is 0 Å². The zero-order valence-corrected chi connectivity index (χ0v) is 10.4. The third kappa shape index (κ3) is 1.97. The second-order valence-corrected chi connectivity index (χ2v) is 3.55. The van der Waals surface area contributed by atoms with Crippen LogP contribution in [0.1, 0.15) is 17.4 Å². The number of fused-ring (bicyclic) bond motifs is 1. The van der Waals surface area contributed by atoms with Gasteiger partial charge in [0.15, 0.2) is 17.2 Å². The van der Waals surface area contributed by atoms with Gasteiger partial charge in [-0.05, 0) is 13.0 Å². The summed E-state index contributed by atoms with van der Waals surface area (Å²) < 4.78 is 15.3. The van der Waals surface area contributed by atoms with Gasteiger partial charge in [-0.1, -0.05) is 0 Å². The van der Waals surface area contributed by atoms with Gasteiger partial charge in [-0.3, -0.25) is 5.10 Å². The molecule has 6 heteroatoms. The number of rotatable bonds is 4. The fraction of sp³-hybridized carbons (Fsp3) is 0.333. The molecule has 1 aromatic carbocycles. The number of aromatic nitrogens is 2. The highest BCUT2D eigenvalue weighted by atomic mass is 16.5. The topological polar surface area (TPSA) is 73.4 Å². The van der Waals surface area contributed by atoms with E-state index in [9.17, 15) is 4.79 Å². The number of hydrogen-bond acceptors (Lipinski definition) is 5. The largest absolute Gasteiger partial charge is 0.493 e. The summed E-state index contributed by atoms with van der Waals surface area (Å²) in [6, 6.07) is 3.42. The fourth-order valence-corrected chi connectivity index (χ4v) is 1.70. The second-order valence-electron chi connectivity index (χ2n) is 3.55. The molecule has 2 aromatic rings. The fourth-order valence-electron chi connectivity index (χ4n) is 1.70. The Labute approximate surface area is 104 Å². The number of H-pyrrole nitrogens is 1. The third-order valence-corrected chi connectivity index (χ3v) is 2.54. The van der Waals surface area contributed by atoms with E-state index in [2.05, 4.69) is 10.2 Å². The summed E-state index contributed by atoms with van der Waals surface area (Å²) in [4.78, 5) is 11.7. The number of carbonyl (C=O) groups excluding carboxylic acids is 1. The molecule has 0 amide bonds. The molecular formula is C12H14N2O4. The Balaban J connectivity index is 2.55. The summed E-state index contributed by atoms with van der Waals surface area (Å²) in [5.41, 5.74) is 0.934. The summed E-state index contributed by atoms with van der Waals surface area (Å²) in [5.74, 6) is 0.650. The molecule has 1 aromatic heterocycles. The standard InChI is InChI=1S/C12H14N2O4/c1-4-18-12(15)11-7-5-9(16-2)10(17-3)6-8(7)13-14-11/h5-6H,4H2,1-3H3,(H,13,14). The Kier molecular flexibility index (Phi) is 3.36. The van der Waals surface area contributed by atoms with Crippen molar-refractivity contribution in [2.45, 2.75) is 6.92 Å². The molecule has 96 valence electrons. The Morgan fingerprint density at radius 2 is 1.94 bits per heavy atom. The molecule has 0 unspecified atom stereocenters. The summed E-state index contributed by atoms with van der Waals surface area (Å²) in [5, 5.41) is 7.37. The van der Waals surface area contributed by atoms with E-state index in [0.717, 1.165) is 0 Å². The third-order valence-electron chi connectivity index (χ3n) is 2.54. The van der Waals surface area contributed by atoms with Crippen LogP contribution in [0.25, 0.3) is 10.9 Å². The van der Waals surface area contributed by atoms with E-state index in [1.807, 2.05) is 0 Å². The molecule has 0 fully saturated rings. The zero-order chi connectivity index (χ0) is 13.1. The molecule has 0 bridgehead atoms. The lowest BCUT2D eigenvalue weighted by molar-refractivity contribution is 0.0521. The Morgan fingerprint density at radius 1 is 1.28 bits per heavy atom. The van der Waals surface area contributed by atoms with Crippen molar-refractivity contribution in [3.05, 3.63) is 17.8 Å². The van der Waals surface area contributed by atoms with E-state index in [1.165, 1.54) is 7.11 Å². The maximum Gasteiger partial charge on any atom is 0.359 e. The first-order chi connectivity index (χ1) is 8.71.